The molecule has 1 spiro atoms. The zero-order chi connectivity index (χ0) is 12.6. The lowest BCUT2D eigenvalue weighted by Gasteiger charge is -2.30. The van der Waals surface area contributed by atoms with Crippen LogP contribution in [0.15, 0.2) is 24.3 Å². The molecule has 96 valence electrons. The second-order valence-electron chi connectivity index (χ2n) is 4.92. The topological polar surface area (TPSA) is 41.6 Å². The van der Waals surface area contributed by atoms with Gasteiger partial charge in [-0.3, -0.25) is 4.90 Å². The van der Waals surface area contributed by atoms with Crippen molar-refractivity contribution in [2.24, 2.45) is 0 Å². The van der Waals surface area contributed by atoms with Crippen LogP contribution < -0.4 is 5.32 Å². The lowest BCUT2D eigenvalue weighted by Crippen LogP contribution is -2.48. The van der Waals surface area contributed by atoms with Gasteiger partial charge in [-0.2, -0.15) is 0 Å². The Kier molecular flexibility index (Phi) is 2.70. The summed E-state index contributed by atoms with van der Waals surface area (Å²) in [4.78, 5) is 13.6. The highest BCUT2D eigenvalue weighted by Gasteiger charge is 2.48. The van der Waals surface area contributed by atoms with E-state index in [-0.39, 0.29) is 17.4 Å². The van der Waals surface area contributed by atoms with Gasteiger partial charge in [0.25, 0.3) is 0 Å². The Balaban J connectivity index is 1.81. The van der Waals surface area contributed by atoms with Gasteiger partial charge in [0.15, 0.2) is 0 Å². The lowest BCUT2D eigenvalue weighted by molar-refractivity contribution is 0.150. The molecule has 1 atom stereocenters. The van der Waals surface area contributed by atoms with E-state index in [0.29, 0.717) is 13.2 Å². The monoisotopic (exact) mass is 250 g/mol. The van der Waals surface area contributed by atoms with Gasteiger partial charge < -0.3 is 10.1 Å². The molecule has 2 heterocycles. The fourth-order valence-electron chi connectivity index (χ4n) is 2.63. The number of benzene rings is 1. The van der Waals surface area contributed by atoms with Gasteiger partial charge in [-0.15, -0.1) is 0 Å². The highest BCUT2D eigenvalue weighted by Crippen LogP contribution is 2.31. The van der Waals surface area contributed by atoms with Crippen molar-refractivity contribution in [2.75, 3.05) is 19.7 Å². The number of nitrogens with zero attached hydrogens (tertiary/aromatic N) is 1. The SMILES string of the molecule is O=C1OCC2(CCNC2)N1Cc1ccc(F)cc1. The van der Waals surface area contributed by atoms with Crippen molar-refractivity contribution in [1.29, 1.82) is 0 Å². The van der Waals surface area contributed by atoms with E-state index in [4.69, 9.17) is 4.74 Å². The molecule has 5 heteroatoms. The van der Waals surface area contributed by atoms with Gasteiger partial charge >= 0.3 is 6.09 Å². The molecule has 3 rings (SSSR count). The van der Waals surface area contributed by atoms with Crippen molar-refractivity contribution in [3.8, 4) is 0 Å². The van der Waals surface area contributed by atoms with Crippen LogP contribution in [0.3, 0.4) is 0 Å². The Morgan fingerprint density at radius 1 is 1.39 bits per heavy atom. The van der Waals surface area contributed by atoms with Gasteiger partial charge in [0.05, 0.1) is 5.54 Å². The first-order valence-corrected chi connectivity index (χ1v) is 6.09. The average Bonchev–Trinajstić information content (AvgIpc) is 2.95. The number of amides is 1. The number of hydrogen-bond acceptors (Lipinski definition) is 3. The normalized spacial score (nSPS) is 26.9. The smallest absolute Gasteiger partial charge is 0.410 e. The zero-order valence-corrected chi connectivity index (χ0v) is 9.99. The van der Waals surface area contributed by atoms with E-state index >= 15 is 0 Å². The summed E-state index contributed by atoms with van der Waals surface area (Å²) in [6, 6.07) is 6.24. The third-order valence-corrected chi connectivity index (χ3v) is 3.73. The molecule has 1 amide bonds. The summed E-state index contributed by atoms with van der Waals surface area (Å²) >= 11 is 0. The van der Waals surface area contributed by atoms with E-state index in [0.717, 1.165) is 25.1 Å². The number of halogens is 1. The minimum atomic E-state index is -0.275. The van der Waals surface area contributed by atoms with Gasteiger partial charge in [-0.25, -0.2) is 9.18 Å². The van der Waals surface area contributed by atoms with Crippen molar-refractivity contribution < 1.29 is 13.9 Å². The average molecular weight is 250 g/mol. The molecule has 1 aromatic carbocycles. The number of carbonyl (C=O) groups is 1. The summed E-state index contributed by atoms with van der Waals surface area (Å²) in [5.74, 6) is -0.264. The van der Waals surface area contributed by atoms with Crippen molar-refractivity contribution in [3.63, 3.8) is 0 Å². The number of carbonyl (C=O) groups excluding carboxylic acids is 1. The molecule has 2 saturated heterocycles. The molecule has 1 unspecified atom stereocenters. The molecule has 0 aromatic heterocycles. The predicted octanol–water partition coefficient (Wildman–Crippen LogP) is 1.51. The zero-order valence-electron chi connectivity index (χ0n) is 9.99. The predicted molar refractivity (Wildman–Crippen MR) is 63.5 cm³/mol. The van der Waals surface area contributed by atoms with Crippen LogP contribution in [0.2, 0.25) is 0 Å². The van der Waals surface area contributed by atoms with Crippen LogP contribution >= 0.6 is 0 Å². The molecule has 0 saturated carbocycles. The van der Waals surface area contributed by atoms with E-state index in [1.54, 1.807) is 17.0 Å². The molecular weight excluding hydrogens is 235 g/mol. The van der Waals surface area contributed by atoms with E-state index in [9.17, 15) is 9.18 Å². The minimum absolute atomic E-state index is 0.217. The molecule has 4 nitrogen and oxygen atoms in total. The number of nitrogens with one attached hydrogen (secondary N) is 1. The Hall–Kier alpha value is -1.62. The highest BCUT2D eigenvalue weighted by atomic mass is 19.1. The molecule has 0 aliphatic carbocycles. The number of ether oxygens (including phenoxy) is 1. The maximum absolute atomic E-state index is 12.9. The van der Waals surface area contributed by atoms with Gasteiger partial charge in [0, 0.05) is 13.1 Å². The number of rotatable bonds is 2. The summed E-state index contributed by atoms with van der Waals surface area (Å²) in [6.45, 7) is 2.58. The Labute approximate surface area is 105 Å². The molecule has 0 radical (unpaired) electrons. The third kappa shape index (κ3) is 1.84. The fraction of sp³-hybridized carbons (Fsp3) is 0.462. The largest absolute Gasteiger partial charge is 0.447 e. The van der Waals surface area contributed by atoms with Gasteiger partial charge in [-0.05, 0) is 30.7 Å². The fourth-order valence-corrected chi connectivity index (χ4v) is 2.63. The molecule has 0 bridgehead atoms. The molecule has 2 fully saturated rings. The lowest BCUT2D eigenvalue weighted by atomic mass is 9.98. The Morgan fingerprint density at radius 3 is 2.83 bits per heavy atom. The third-order valence-electron chi connectivity index (χ3n) is 3.73. The van der Waals surface area contributed by atoms with Crippen molar-refractivity contribution in [2.45, 2.75) is 18.5 Å². The molecule has 18 heavy (non-hydrogen) atoms. The molecule has 2 aliphatic rings. The minimum Gasteiger partial charge on any atom is -0.447 e. The standard InChI is InChI=1S/C13H15FN2O2/c14-11-3-1-10(2-4-11)7-16-12(17)18-9-13(16)5-6-15-8-13/h1-4,15H,5-9H2. The second-order valence-corrected chi connectivity index (χ2v) is 4.92. The highest BCUT2D eigenvalue weighted by molar-refractivity contribution is 5.71. The van der Waals surface area contributed by atoms with Crippen molar-refractivity contribution >= 4 is 6.09 Å². The van der Waals surface area contributed by atoms with E-state index in [1.807, 2.05) is 0 Å². The summed E-state index contributed by atoms with van der Waals surface area (Å²) in [5, 5.41) is 3.27. The summed E-state index contributed by atoms with van der Waals surface area (Å²) in [5.41, 5.74) is 0.701. The van der Waals surface area contributed by atoms with Crippen LogP contribution in [-0.4, -0.2) is 36.2 Å². The maximum Gasteiger partial charge on any atom is 0.410 e. The van der Waals surface area contributed by atoms with E-state index < -0.39 is 0 Å². The van der Waals surface area contributed by atoms with Gasteiger partial charge in [0.1, 0.15) is 12.4 Å². The first kappa shape index (κ1) is 11.5. The van der Waals surface area contributed by atoms with Crippen LogP contribution in [0.1, 0.15) is 12.0 Å². The molecule has 1 aromatic rings. The van der Waals surface area contributed by atoms with Crippen LogP contribution in [0.25, 0.3) is 0 Å². The van der Waals surface area contributed by atoms with Crippen LogP contribution in [0.5, 0.6) is 0 Å². The summed E-state index contributed by atoms with van der Waals surface area (Å²) in [6.07, 6.45) is 0.628. The quantitative estimate of drug-likeness (QED) is 0.865. The van der Waals surface area contributed by atoms with Crippen LogP contribution in [-0.2, 0) is 11.3 Å². The van der Waals surface area contributed by atoms with E-state index in [2.05, 4.69) is 5.32 Å². The van der Waals surface area contributed by atoms with Gasteiger partial charge in [0.2, 0.25) is 0 Å². The second kappa shape index (κ2) is 4.24. The van der Waals surface area contributed by atoms with Crippen molar-refractivity contribution in [3.05, 3.63) is 35.6 Å². The number of hydrogen-bond donors (Lipinski definition) is 1. The van der Waals surface area contributed by atoms with Crippen LogP contribution in [0, 0.1) is 5.82 Å². The maximum atomic E-state index is 12.9. The van der Waals surface area contributed by atoms with Crippen LogP contribution in [0.4, 0.5) is 9.18 Å². The Morgan fingerprint density at radius 2 is 2.17 bits per heavy atom. The molecular formula is C13H15FN2O2. The summed E-state index contributed by atoms with van der Waals surface area (Å²) < 4.78 is 18.0. The molecule has 2 aliphatic heterocycles. The summed E-state index contributed by atoms with van der Waals surface area (Å²) in [7, 11) is 0. The number of cyclic esters (lactones) is 1. The van der Waals surface area contributed by atoms with E-state index in [1.165, 1.54) is 12.1 Å². The van der Waals surface area contributed by atoms with Gasteiger partial charge in [-0.1, -0.05) is 12.1 Å². The first-order valence-electron chi connectivity index (χ1n) is 6.09. The molecule has 1 N–H and O–H groups in total. The first-order chi connectivity index (χ1) is 8.70. The Bertz CT molecular complexity index is 455. The van der Waals surface area contributed by atoms with Crippen molar-refractivity contribution in [1.82, 2.24) is 10.2 Å².